The molecule has 4 atom stereocenters. The van der Waals surface area contributed by atoms with Gasteiger partial charge in [0.2, 0.25) is 0 Å². The molecule has 0 saturated carbocycles. The van der Waals surface area contributed by atoms with Gasteiger partial charge in [0.25, 0.3) is 0 Å². The van der Waals surface area contributed by atoms with E-state index in [0.717, 1.165) is 23.9 Å². The highest BCUT2D eigenvalue weighted by Crippen LogP contribution is 2.23. The van der Waals surface area contributed by atoms with Gasteiger partial charge in [0, 0.05) is 12.1 Å². The van der Waals surface area contributed by atoms with Crippen molar-refractivity contribution in [1.82, 2.24) is 10.6 Å². The molecule has 2 heterocycles. The Balaban J connectivity index is 1.86. The van der Waals surface area contributed by atoms with Crippen molar-refractivity contribution in [3.63, 3.8) is 0 Å². The molecule has 2 N–H and O–H groups in total. The van der Waals surface area contributed by atoms with Crippen LogP contribution in [0.1, 0.15) is 39.5 Å². The van der Waals surface area contributed by atoms with Crippen molar-refractivity contribution in [3.8, 4) is 0 Å². The summed E-state index contributed by atoms with van der Waals surface area (Å²) in [5, 5.41) is 7.35. The first-order chi connectivity index (χ1) is 6.75. The van der Waals surface area contributed by atoms with Crippen LogP contribution >= 0.6 is 0 Å². The summed E-state index contributed by atoms with van der Waals surface area (Å²) in [5.41, 5.74) is 0. The van der Waals surface area contributed by atoms with Crippen molar-refractivity contribution >= 4 is 0 Å². The van der Waals surface area contributed by atoms with Gasteiger partial charge >= 0.3 is 0 Å². The molecule has 2 nitrogen and oxygen atoms in total. The topological polar surface area (TPSA) is 24.1 Å². The molecule has 2 rings (SSSR count). The molecule has 0 radical (unpaired) electrons. The molecule has 0 spiro atoms. The highest BCUT2D eigenvalue weighted by Gasteiger charge is 2.29. The standard InChI is InChI=1S/C12H24N2/c1-9-3-5-13-11(7-9)12-8-10(2)4-6-14-12/h9-14H,3-8H2,1-2H3. The van der Waals surface area contributed by atoms with Crippen LogP contribution in [-0.4, -0.2) is 25.2 Å². The minimum Gasteiger partial charge on any atom is -0.312 e. The smallest absolute Gasteiger partial charge is 0.0223 e. The average Bonchev–Trinajstić information content (AvgIpc) is 2.18. The first-order valence-corrected chi connectivity index (χ1v) is 6.22. The molecule has 0 bridgehead atoms. The van der Waals surface area contributed by atoms with Crippen LogP contribution < -0.4 is 10.6 Å². The molecule has 4 unspecified atom stereocenters. The molecule has 2 aliphatic heterocycles. The van der Waals surface area contributed by atoms with Gasteiger partial charge < -0.3 is 10.6 Å². The van der Waals surface area contributed by atoms with E-state index < -0.39 is 0 Å². The highest BCUT2D eigenvalue weighted by molar-refractivity contribution is 4.90. The Bertz CT molecular complexity index is 161. The zero-order chi connectivity index (χ0) is 9.97. The maximum atomic E-state index is 3.68. The van der Waals surface area contributed by atoms with Crippen LogP contribution in [0.4, 0.5) is 0 Å². The van der Waals surface area contributed by atoms with Gasteiger partial charge in [-0.05, 0) is 50.6 Å². The molecular formula is C12H24N2. The Hall–Kier alpha value is -0.0800. The summed E-state index contributed by atoms with van der Waals surface area (Å²) >= 11 is 0. The second kappa shape index (κ2) is 4.63. The van der Waals surface area contributed by atoms with Gasteiger partial charge in [-0.25, -0.2) is 0 Å². The predicted molar refractivity (Wildman–Crippen MR) is 60.4 cm³/mol. The lowest BCUT2D eigenvalue weighted by atomic mass is 9.84. The summed E-state index contributed by atoms with van der Waals surface area (Å²) in [4.78, 5) is 0. The van der Waals surface area contributed by atoms with Gasteiger partial charge in [-0.15, -0.1) is 0 Å². The summed E-state index contributed by atoms with van der Waals surface area (Å²) in [5.74, 6) is 1.83. The van der Waals surface area contributed by atoms with Crippen molar-refractivity contribution in [2.24, 2.45) is 11.8 Å². The van der Waals surface area contributed by atoms with Crippen LogP contribution in [0.2, 0.25) is 0 Å². The lowest BCUT2D eigenvalue weighted by molar-refractivity contribution is 0.210. The monoisotopic (exact) mass is 196 g/mol. The number of nitrogens with one attached hydrogen (secondary N) is 2. The van der Waals surface area contributed by atoms with Crippen molar-refractivity contribution in [2.45, 2.75) is 51.6 Å². The van der Waals surface area contributed by atoms with E-state index in [1.807, 2.05) is 0 Å². The lowest BCUT2D eigenvalue weighted by Gasteiger charge is -2.38. The van der Waals surface area contributed by atoms with Crippen molar-refractivity contribution in [2.75, 3.05) is 13.1 Å². The quantitative estimate of drug-likeness (QED) is 0.668. The van der Waals surface area contributed by atoms with Crippen LogP contribution in [0.25, 0.3) is 0 Å². The Labute approximate surface area is 87.8 Å². The van der Waals surface area contributed by atoms with E-state index in [1.165, 1.54) is 38.8 Å². The second-order valence-electron chi connectivity index (χ2n) is 5.38. The van der Waals surface area contributed by atoms with Gasteiger partial charge in [-0.3, -0.25) is 0 Å². The van der Waals surface area contributed by atoms with Gasteiger partial charge in [-0.2, -0.15) is 0 Å². The van der Waals surface area contributed by atoms with Crippen LogP contribution in [-0.2, 0) is 0 Å². The van der Waals surface area contributed by atoms with E-state index in [4.69, 9.17) is 0 Å². The Kier molecular flexibility index (Phi) is 3.45. The summed E-state index contributed by atoms with van der Waals surface area (Å²) in [6, 6.07) is 1.47. The van der Waals surface area contributed by atoms with E-state index in [0.29, 0.717) is 0 Å². The largest absolute Gasteiger partial charge is 0.312 e. The Morgan fingerprint density at radius 3 is 1.57 bits per heavy atom. The van der Waals surface area contributed by atoms with Crippen molar-refractivity contribution < 1.29 is 0 Å². The summed E-state index contributed by atoms with van der Waals surface area (Å²) < 4.78 is 0. The molecule has 0 amide bonds. The first kappa shape index (κ1) is 10.4. The zero-order valence-electron chi connectivity index (χ0n) is 9.55. The summed E-state index contributed by atoms with van der Waals surface area (Å²) in [6.07, 6.45) is 5.45. The molecule has 0 aliphatic carbocycles. The third-order valence-electron chi connectivity index (χ3n) is 3.89. The van der Waals surface area contributed by atoms with Gasteiger partial charge in [0.15, 0.2) is 0 Å². The molecular weight excluding hydrogens is 172 g/mol. The first-order valence-electron chi connectivity index (χ1n) is 6.22. The molecule has 2 aliphatic rings. The van der Waals surface area contributed by atoms with Crippen LogP contribution in [0.15, 0.2) is 0 Å². The zero-order valence-corrected chi connectivity index (χ0v) is 9.55. The molecule has 14 heavy (non-hydrogen) atoms. The number of hydrogen-bond donors (Lipinski definition) is 2. The van der Waals surface area contributed by atoms with E-state index in [-0.39, 0.29) is 0 Å². The number of hydrogen-bond acceptors (Lipinski definition) is 2. The van der Waals surface area contributed by atoms with Gasteiger partial charge in [0.05, 0.1) is 0 Å². The average molecular weight is 196 g/mol. The van der Waals surface area contributed by atoms with E-state index in [9.17, 15) is 0 Å². The Morgan fingerprint density at radius 1 is 0.786 bits per heavy atom. The van der Waals surface area contributed by atoms with E-state index in [2.05, 4.69) is 24.5 Å². The van der Waals surface area contributed by atoms with Gasteiger partial charge in [0.1, 0.15) is 0 Å². The normalized spacial score (nSPS) is 45.0. The van der Waals surface area contributed by atoms with Crippen LogP contribution in [0, 0.1) is 11.8 Å². The van der Waals surface area contributed by atoms with Crippen LogP contribution in [0.3, 0.4) is 0 Å². The third-order valence-corrected chi connectivity index (χ3v) is 3.89. The molecule has 2 fully saturated rings. The summed E-state index contributed by atoms with van der Waals surface area (Å²) in [6.45, 7) is 7.22. The fourth-order valence-corrected chi connectivity index (χ4v) is 2.91. The third kappa shape index (κ3) is 2.48. The highest BCUT2D eigenvalue weighted by atomic mass is 15.0. The number of rotatable bonds is 1. The summed E-state index contributed by atoms with van der Waals surface area (Å²) in [7, 11) is 0. The maximum Gasteiger partial charge on any atom is 0.0223 e. The minimum atomic E-state index is 0.737. The lowest BCUT2D eigenvalue weighted by Crippen LogP contribution is -2.54. The molecule has 2 heteroatoms. The molecule has 0 aromatic carbocycles. The van der Waals surface area contributed by atoms with Crippen LogP contribution in [0.5, 0.6) is 0 Å². The van der Waals surface area contributed by atoms with Crippen molar-refractivity contribution in [1.29, 1.82) is 0 Å². The van der Waals surface area contributed by atoms with Gasteiger partial charge in [-0.1, -0.05) is 13.8 Å². The van der Waals surface area contributed by atoms with E-state index in [1.54, 1.807) is 0 Å². The fourth-order valence-electron chi connectivity index (χ4n) is 2.91. The SMILES string of the molecule is CC1CCNC(C2CC(C)CCN2)C1. The minimum absolute atomic E-state index is 0.737. The molecule has 0 aromatic rings. The second-order valence-corrected chi connectivity index (χ2v) is 5.38. The number of piperidine rings is 2. The molecule has 2 saturated heterocycles. The maximum absolute atomic E-state index is 3.68. The molecule has 82 valence electrons. The van der Waals surface area contributed by atoms with Crippen molar-refractivity contribution in [3.05, 3.63) is 0 Å². The molecule has 0 aromatic heterocycles. The Morgan fingerprint density at radius 2 is 1.21 bits per heavy atom. The predicted octanol–water partition coefficient (Wildman–Crippen LogP) is 1.76. The van der Waals surface area contributed by atoms with E-state index >= 15 is 0 Å². The fraction of sp³-hybridized carbons (Fsp3) is 1.00.